The third kappa shape index (κ3) is 5.17. The minimum atomic E-state index is 0. The second-order valence-corrected chi connectivity index (χ2v) is 6.58. The Kier molecular flexibility index (Phi) is 7.29. The van der Waals surface area contributed by atoms with E-state index in [-0.39, 0.29) is 24.0 Å². The van der Waals surface area contributed by atoms with Crippen LogP contribution in [0.2, 0.25) is 0 Å². The largest absolute Gasteiger partial charge is 0.361 e. The maximum atomic E-state index is 4.31. The molecule has 4 rings (SSSR count). The first-order valence-corrected chi connectivity index (χ1v) is 9.42. The first kappa shape index (κ1) is 20.9. The van der Waals surface area contributed by atoms with Crippen molar-refractivity contribution in [3.05, 3.63) is 84.3 Å². The fraction of sp³-hybridized carbons (Fsp3) is 0.182. The molecule has 0 spiro atoms. The molecule has 0 bridgehead atoms. The number of nitrogens with one attached hydrogen (secondary N) is 3. The Balaban J connectivity index is 0.00000240. The van der Waals surface area contributed by atoms with E-state index in [0.717, 1.165) is 24.6 Å². The summed E-state index contributed by atoms with van der Waals surface area (Å²) in [5.41, 5.74) is 4.73. The van der Waals surface area contributed by atoms with E-state index in [1.807, 2.05) is 23.0 Å². The number of hydrogen-bond donors (Lipinski definition) is 3. The number of H-pyrrole nitrogens is 1. The number of nitrogens with zero attached hydrogens (tertiary/aromatic N) is 3. The molecule has 2 heterocycles. The summed E-state index contributed by atoms with van der Waals surface area (Å²) in [5.74, 6) is 0.802. The van der Waals surface area contributed by atoms with Crippen molar-refractivity contribution < 1.29 is 0 Å². The van der Waals surface area contributed by atoms with Crippen LogP contribution in [0.5, 0.6) is 0 Å². The predicted molar refractivity (Wildman–Crippen MR) is 129 cm³/mol. The number of aromatic amines is 1. The van der Waals surface area contributed by atoms with Crippen LogP contribution in [0.15, 0.2) is 78.2 Å². The van der Waals surface area contributed by atoms with Crippen LogP contribution in [0.4, 0.5) is 0 Å². The Bertz CT molecular complexity index is 1050. The lowest BCUT2D eigenvalue weighted by molar-refractivity contribution is 0.795. The number of hydrogen-bond acceptors (Lipinski definition) is 2. The molecule has 0 unspecified atom stereocenters. The van der Waals surface area contributed by atoms with Gasteiger partial charge >= 0.3 is 0 Å². The molecule has 0 aliphatic carbocycles. The van der Waals surface area contributed by atoms with Crippen molar-refractivity contribution >= 4 is 40.8 Å². The Morgan fingerprint density at radius 2 is 1.90 bits per heavy atom. The van der Waals surface area contributed by atoms with Gasteiger partial charge in [-0.3, -0.25) is 4.99 Å². The number of rotatable bonds is 6. The quantitative estimate of drug-likeness (QED) is 0.214. The van der Waals surface area contributed by atoms with Gasteiger partial charge < -0.3 is 15.6 Å². The molecule has 0 aliphatic rings. The molecule has 150 valence electrons. The van der Waals surface area contributed by atoms with E-state index >= 15 is 0 Å². The van der Waals surface area contributed by atoms with E-state index in [2.05, 4.69) is 74.4 Å². The van der Waals surface area contributed by atoms with Crippen LogP contribution in [0.25, 0.3) is 16.6 Å². The highest BCUT2D eigenvalue weighted by Gasteiger charge is 2.04. The zero-order valence-electron chi connectivity index (χ0n) is 16.3. The lowest BCUT2D eigenvalue weighted by atomic mass is 10.1. The first-order valence-electron chi connectivity index (χ1n) is 9.42. The number of halogens is 1. The molecule has 29 heavy (non-hydrogen) atoms. The normalized spacial score (nSPS) is 11.3. The molecule has 0 fully saturated rings. The molecule has 0 aliphatic heterocycles. The molecule has 4 aromatic rings. The highest BCUT2D eigenvalue weighted by atomic mass is 127. The lowest BCUT2D eigenvalue weighted by Crippen LogP contribution is -2.37. The summed E-state index contributed by atoms with van der Waals surface area (Å²) in [6.45, 7) is 1.53. The van der Waals surface area contributed by atoms with Crippen molar-refractivity contribution in [2.24, 2.45) is 4.99 Å². The second-order valence-electron chi connectivity index (χ2n) is 6.58. The Morgan fingerprint density at radius 3 is 2.66 bits per heavy atom. The number of fused-ring (bicyclic) bond motifs is 1. The average molecular weight is 500 g/mol. The van der Waals surface area contributed by atoms with Crippen molar-refractivity contribution in [2.75, 3.05) is 13.6 Å². The zero-order chi connectivity index (χ0) is 19.2. The summed E-state index contributed by atoms with van der Waals surface area (Å²) >= 11 is 0. The maximum Gasteiger partial charge on any atom is 0.191 e. The summed E-state index contributed by atoms with van der Waals surface area (Å²) in [4.78, 5) is 7.64. The second kappa shape index (κ2) is 10.1. The lowest BCUT2D eigenvalue weighted by Gasteiger charge is -2.12. The van der Waals surface area contributed by atoms with Gasteiger partial charge in [-0.25, -0.2) is 4.68 Å². The van der Waals surface area contributed by atoms with Crippen molar-refractivity contribution in [3.8, 4) is 5.69 Å². The van der Waals surface area contributed by atoms with Gasteiger partial charge in [-0.1, -0.05) is 30.3 Å². The van der Waals surface area contributed by atoms with Gasteiger partial charge in [0.2, 0.25) is 0 Å². The van der Waals surface area contributed by atoms with Crippen molar-refractivity contribution in [3.63, 3.8) is 0 Å². The van der Waals surface area contributed by atoms with Crippen molar-refractivity contribution in [1.29, 1.82) is 0 Å². The van der Waals surface area contributed by atoms with Gasteiger partial charge in [0.25, 0.3) is 0 Å². The molecule has 3 N–H and O–H groups in total. The van der Waals surface area contributed by atoms with Gasteiger partial charge in [-0.15, -0.1) is 24.0 Å². The predicted octanol–water partition coefficient (Wildman–Crippen LogP) is 3.88. The molecule has 2 aromatic carbocycles. The van der Waals surface area contributed by atoms with Gasteiger partial charge in [0, 0.05) is 49.6 Å². The Hall–Kier alpha value is -2.81. The van der Waals surface area contributed by atoms with E-state index in [0.29, 0.717) is 6.54 Å². The smallest absolute Gasteiger partial charge is 0.191 e. The molecule has 0 amide bonds. The molecular weight excluding hydrogens is 475 g/mol. The number of aliphatic imine (C=N–C) groups is 1. The molecular formula is C22H25IN6. The topological polar surface area (TPSA) is 70.0 Å². The molecule has 0 saturated heterocycles. The SMILES string of the molecule is CN=C(NCCc1c[nH]c2ccccc12)NCc1ccc(-n2cccn2)cc1.I. The molecule has 0 saturated carbocycles. The van der Waals surface area contributed by atoms with Crippen LogP contribution in [0, 0.1) is 0 Å². The summed E-state index contributed by atoms with van der Waals surface area (Å²) in [6, 6.07) is 18.6. The monoisotopic (exact) mass is 500 g/mol. The minimum Gasteiger partial charge on any atom is -0.361 e. The highest BCUT2D eigenvalue weighted by molar-refractivity contribution is 14.0. The number of para-hydroxylation sites is 1. The van der Waals surface area contributed by atoms with Gasteiger partial charge in [-0.05, 0) is 41.8 Å². The molecule has 2 aromatic heterocycles. The Labute approximate surface area is 187 Å². The number of benzene rings is 2. The van der Waals surface area contributed by atoms with Crippen LogP contribution in [-0.2, 0) is 13.0 Å². The fourth-order valence-electron chi connectivity index (χ4n) is 3.25. The van der Waals surface area contributed by atoms with E-state index in [1.54, 1.807) is 13.2 Å². The van der Waals surface area contributed by atoms with E-state index in [1.165, 1.54) is 22.0 Å². The van der Waals surface area contributed by atoms with Crippen LogP contribution < -0.4 is 10.6 Å². The number of aromatic nitrogens is 3. The standard InChI is InChI=1S/C22H24N6.HI/c1-23-22(24-13-11-18-16-25-21-6-3-2-5-20(18)21)26-15-17-7-9-19(10-8-17)28-14-4-12-27-28;/h2-10,12,14,16,25H,11,13,15H2,1H3,(H2,23,24,26);1H. The third-order valence-corrected chi connectivity index (χ3v) is 4.75. The first-order chi connectivity index (χ1) is 13.8. The fourth-order valence-corrected chi connectivity index (χ4v) is 3.25. The van der Waals surface area contributed by atoms with E-state index in [4.69, 9.17) is 0 Å². The van der Waals surface area contributed by atoms with Gasteiger partial charge in [0.1, 0.15) is 0 Å². The minimum absolute atomic E-state index is 0. The van der Waals surface area contributed by atoms with Gasteiger partial charge in [0.05, 0.1) is 5.69 Å². The van der Waals surface area contributed by atoms with E-state index in [9.17, 15) is 0 Å². The van der Waals surface area contributed by atoms with Crippen LogP contribution in [0.3, 0.4) is 0 Å². The Morgan fingerprint density at radius 1 is 1.07 bits per heavy atom. The molecule has 7 heteroatoms. The molecule has 0 atom stereocenters. The van der Waals surface area contributed by atoms with E-state index < -0.39 is 0 Å². The molecule has 0 radical (unpaired) electrons. The maximum absolute atomic E-state index is 4.31. The van der Waals surface area contributed by atoms with Crippen molar-refractivity contribution in [1.82, 2.24) is 25.4 Å². The average Bonchev–Trinajstić information content (AvgIpc) is 3.41. The van der Waals surface area contributed by atoms with Gasteiger partial charge in [0.15, 0.2) is 5.96 Å². The zero-order valence-corrected chi connectivity index (χ0v) is 18.6. The highest BCUT2D eigenvalue weighted by Crippen LogP contribution is 2.17. The summed E-state index contributed by atoms with van der Waals surface area (Å²) in [5, 5.41) is 12.3. The summed E-state index contributed by atoms with van der Waals surface area (Å²) in [6.07, 6.45) is 6.74. The molecule has 6 nitrogen and oxygen atoms in total. The van der Waals surface area contributed by atoms with Gasteiger partial charge in [-0.2, -0.15) is 5.10 Å². The third-order valence-electron chi connectivity index (χ3n) is 4.75. The van der Waals surface area contributed by atoms with Crippen LogP contribution in [0.1, 0.15) is 11.1 Å². The summed E-state index contributed by atoms with van der Waals surface area (Å²) in [7, 11) is 1.79. The van der Waals surface area contributed by atoms with Crippen molar-refractivity contribution in [2.45, 2.75) is 13.0 Å². The van der Waals surface area contributed by atoms with Crippen LogP contribution in [-0.4, -0.2) is 34.3 Å². The number of guanidine groups is 1. The van der Waals surface area contributed by atoms with Crippen LogP contribution >= 0.6 is 24.0 Å². The summed E-state index contributed by atoms with van der Waals surface area (Å²) < 4.78 is 1.85.